The largest absolute Gasteiger partial charge is 0.459 e. The quantitative estimate of drug-likeness (QED) is 0.927. The summed E-state index contributed by atoms with van der Waals surface area (Å²) in [6.45, 7) is 5.77. The van der Waals surface area contributed by atoms with Crippen LogP contribution in [0.5, 0.6) is 0 Å². The summed E-state index contributed by atoms with van der Waals surface area (Å²) in [6, 6.07) is 12.9. The van der Waals surface area contributed by atoms with Gasteiger partial charge in [0.25, 0.3) is 0 Å². The molecule has 4 rings (SSSR count). The van der Waals surface area contributed by atoms with E-state index in [1.165, 1.54) is 31.2 Å². The number of para-hydroxylation sites is 1. The SMILES string of the molecule is CC(NC1CC(C)N(C2CC2)C1)c1cc2ccccc2o1. The molecule has 1 aliphatic carbocycles. The van der Waals surface area contributed by atoms with Crippen molar-refractivity contribution < 1.29 is 4.42 Å². The van der Waals surface area contributed by atoms with E-state index >= 15 is 0 Å². The zero-order valence-electron chi connectivity index (χ0n) is 12.9. The highest BCUT2D eigenvalue weighted by molar-refractivity contribution is 5.77. The molecule has 2 heterocycles. The molecule has 2 aromatic rings. The van der Waals surface area contributed by atoms with Crippen molar-refractivity contribution in [2.75, 3.05) is 6.54 Å². The summed E-state index contributed by atoms with van der Waals surface area (Å²) in [6.07, 6.45) is 4.05. The van der Waals surface area contributed by atoms with Gasteiger partial charge in [-0.2, -0.15) is 0 Å². The normalized spacial score (nSPS) is 28.3. The first-order valence-corrected chi connectivity index (χ1v) is 8.21. The molecular weight excluding hydrogens is 260 g/mol. The molecule has 3 nitrogen and oxygen atoms in total. The second-order valence-corrected chi connectivity index (χ2v) is 6.78. The average molecular weight is 284 g/mol. The topological polar surface area (TPSA) is 28.4 Å². The van der Waals surface area contributed by atoms with Gasteiger partial charge in [0.1, 0.15) is 11.3 Å². The Bertz CT molecular complexity index is 598. The van der Waals surface area contributed by atoms with E-state index in [0.29, 0.717) is 6.04 Å². The van der Waals surface area contributed by atoms with Crippen molar-refractivity contribution in [1.82, 2.24) is 10.2 Å². The molecule has 2 aliphatic rings. The molecule has 0 spiro atoms. The predicted molar refractivity (Wildman–Crippen MR) is 85.4 cm³/mol. The van der Waals surface area contributed by atoms with E-state index in [-0.39, 0.29) is 6.04 Å². The van der Waals surface area contributed by atoms with Crippen molar-refractivity contribution in [3.8, 4) is 0 Å². The molecule has 0 radical (unpaired) electrons. The van der Waals surface area contributed by atoms with Gasteiger partial charge in [-0.1, -0.05) is 18.2 Å². The lowest BCUT2D eigenvalue weighted by Gasteiger charge is -2.20. The van der Waals surface area contributed by atoms with Gasteiger partial charge >= 0.3 is 0 Å². The number of fused-ring (bicyclic) bond motifs is 1. The lowest BCUT2D eigenvalue weighted by atomic mass is 10.1. The lowest BCUT2D eigenvalue weighted by Crippen LogP contribution is -2.35. The van der Waals surface area contributed by atoms with Gasteiger partial charge in [-0.25, -0.2) is 0 Å². The Morgan fingerprint density at radius 3 is 2.86 bits per heavy atom. The summed E-state index contributed by atoms with van der Waals surface area (Å²) in [5, 5.41) is 4.96. The van der Waals surface area contributed by atoms with E-state index < -0.39 is 0 Å². The second kappa shape index (κ2) is 5.15. The van der Waals surface area contributed by atoms with Gasteiger partial charge < -0.3 is 9.73 Å². The Balaban J connectivity index is 1.44. The average Bonchev–Trinajstić information content (AvgIpc) is 3.11. The van der Waals surface area contributed by atoms with Crippen LogP contribution in [-0.4, -0.2) is 29.6 Å². The number of furan rings is 1. The number of nitrogens with one attached hydrogen (secondary N) is 1. The molecule has 1 saturated heterocycles. The first kappa shape index (κ1) is 13.4. The smallest absolute Gasteiger partial charge is 0.134 e. The number of rotatable bonds is 4. The Hall–Kier alpha value is -1.32. The van der Waals surface area contributed by atoms with E-state index in [4.69, 9.17) is 4.42 Å². The van der Waals surface area contributed by atoms with E-state index in [1.54, 1.807) is 0 Å². The predicted octanol–water partition coefficient (Wildman–Crippen LogP) is 3.71. The van der Waals surface area contributed by atoms with Gasteiger partial charge in [0, 0.05) is 30.1 Å². The third-order valence-corrected chi connectivity index (χ3v) is 5.00. The minimum absolute atomic E-state index is 0.272. The maximum atomic E-state index is 5.98. The van der Waals surface area contributed by atoms with Crippen molar-refractivity contribution in [2.24, 2.45) is 0 Å². The van der Waals surface area contributed by atoms with Crippen LogP contribution < -0.4 is 5.32 Å². The number of hydrogen-bond acceptors (Lipinski definition) is 3. The molecule has 112 valence electrons. The lowest BCUT2D eigenvalue weighted by molar-refractivity contribution is 0.253. The van der Waals surface area contributed by atoms with Crippen LogP contribution >= 0.6 is 0 Å². The molecule has 1 aromatic heterocycles. The summed E-state index contributed by atoms with van der Waals surface area (Å²) in [4.78, 5) is 2.68. The molecule has 3 unspecified atom stereocenters. The van der Waals surface area contributed by atoms with Crippen molar-refractivity contribution >= 4 is 11.0 Å². The summed E-state index contributed by atoms with van der Waals surface area (Å²) in [7, 11) is 0. The Kier molecular flexibility index (Phi) is 3.27. The Morgan fingerprint density at radius 2 is 2.10 bits per heavy atom. The van der Waals surface area contributed by atoms with Gasteiger partial charge in [-0.05, 0) is 45.2 Å². The van der Waals surface area contributed by atoms with Crippen molar-refractivity contribution in [3.63, 3.8) is 0 Å². The van der Waals surface area contributed by atoms with E-state index in [0.717, 1.165) is 23.4 Å². The summed E-state index contributed by atoms with van der Waals surface area (Å²) in [5.74, 6) is 1.05. The highest BCUT2D eigenvalue weighted by atomic mass is 16.3. The molecule has 3 heteroatoms. The zero-order chi connectivity index (χ0) is 14.4. The number of likely N-dealkylation sites (tertiary alicyclic amines) is 1. The van der Waals surface area contributed by atoms with Crippen LogP contribution in [-0.2, 0) is 0 Å². The third kappa shape index (κ3) is 2.60. The molecule has 1 aromatic carbocycles. The minimum Gasteiger partial charge on any atom is -0.459 e. The fraction of sp³-hybridized carbons (Fsp3) is 0.556. The zero-order valence-corrected chi connectivity index (χ0v) is 12.9. The first-order valence-electron chi connectivity index (χ1n) is 8.21. The van der Waals surface area contributed by atoms with E-state index in [2.05, 4.69) is 42.3 Å². The highest BCUT2D eigenvalue weighted by Gasteiger charge is 2.39. The van der Waals surface area contributed by atoms with Gasteiger partial charge in [0.05, 0.1) is 6.04 Å². The molecular formula is C18H24N2O. The van der Waals surface area contributed by atoms with Gasteiger partial charge in [-0.15, -0.1) is 0 Å². The highest BCUT2D eigenvalue weighted by Crippen LogP contribution is 2.34. The molecule has 1 N–H and O–H groups in total. The van der Waals surface area contributed by atoms with Crippen LogP contribution in [0.25, 0.3) is 11.0 Å². The van der Waals surface area contributed by atoms with E-state index in [9.17, 15) is 0 Å². The standard InChI is InChI=1S/C18H24N2O/c1-12-9-15(11-20(12)16-7-8-16)19-13(2)18-10-14-5-3-4-6-17(14)21-18/h3-6,10,12-13,15-16,19H,7-9,11H2,1-2H3. The molecule has 0 bridgehead atoms. The van der Waals surface area contributed by atoms with Crippen LogP contribution in [0.2, 0.25) is 0 Å². The fourth-order valence-corrected chi connectivity index (χ4v) is 3.74. The third-order valence-electron chi connectivity index (χ3n) is 5.00. The second-order valence-electron chi connectivity index (χ2n) is 6.78. The van der Waals surface area contributed by atoms with E-state index in [1.807, 2.05) is 12.1 Å². The van der Waals surface area contributed by atoms with Gasteiger partial charge in [-0.3, -0.25) is 4.90 Å². The van der Waals surface area contributed by atoms with Gasteiger partial charge in [0.15, 0.2) is 0 Å². The molecule has 21 heavy (non-hydrogen) atoms. The monoisotopic (exact) mass is 284 g/mol. The van der Waals surface area contributed by atoms with Crippen LogP contribution in [0, 0.1) is 0 Å². The summed E-state index contributed by atoms with van der Waals surface area (Å²) >= 11 is 0. The molecule has 0 amide bonds. The van der Waals surface area contributed by atoms with Crippen LogP contribution in [0.15, 0.2) is 34.7 Å². The Labute approximate surface area is 126 Å². The van der Waals surface area contributed by atoms with Crippen LogP contribution in [0.4, 0.5) is 0 Å². The molecule has 2 fully saturated rings. The summed E-state index contributed by atoms with van der Waals surface area (Å²) in [5.41, 5.74) is 0.987. The van der Waals surface area contributed by atoms with Crippen molar-refractivity contribution in [2.45, 2.75) is 57.3 Å². The number of nitrogens with zero attached hydrogens (tertiary/aromatic N) is 1. The maximum Gasteiger partial charge on any atom is 0.134 e. The van der Waals surface area contributed by atoms with Crippen molar-refractivity contribution in [1.29, 1.82) is 0 Å². The van der Waals surface area contributed by atoms with Crippen LogP contribution in [0.3, 0.4) is 0 Å². The number of hydrogen-bond donors (Lipinski definition) is 1. The molecule has 1 aliphatic heterocycles. The minimum atomic E-state index is 0.272. The maximum absolute atomic E-state index is 5.98. The van der Waals surface area contributed by atoms with Gasteiger partial charge in [0.2, 0.25) is 0 Å². The fourth-order valence-electron chi connectivity index (χ4n) is 3.74. The Morgan fingerprint density at radius 1 is 1.29 bits per heavy atom. The van der Waals surface area contributed by atoms with Crippen LogP contribution in [0.1, 0.15) is 44.9 Å². The molecule has 1 saturated carbocycles. The molecule has 3 atom stereocenters. The van der Waals surface area contributed by atoms with Crippen molar-refractivity contribution in [3.05, 3.63) is 36.1 Å². The summed E-state index contributed by atoms with van der Waals surface area (Å²) < 4.78 is 5.98. The first-order chi connectivity index (χ1) is 10.2. The number of benzene rings is 1.